The van der Waals surface area contributed by atoms with Gasteiger partial charge in [-0.1, -0.05) is 18.9 Å². The Morgan fingerprint density at radius 3 is 2.38 bits per heavy atom. The van der Waals surface area contributed by atoms with Crippen LogP contribution in [0.15, 0.2) is 24.3 Å². The van der Waals surface area contributed by atoms with E-state index in [4.69, 9.17) is 5.73 Å². The van der Waals surface area contributed by atoms with E-state index in [9.17, 15) is 9.59 Å². The number of benzene rings is 1. The number of carbonyl (C=O) groups is 2. The Morgan fingerprint density at radius 1 is 1.04 bits per heavy atom. The van der Waals surface area contributed by atoms with E-state index >= 15 is 0 Å². The zero-order chi connectivity index (χ0) is 18.4. The van der Waals surface area contributed by atoms with Gasteiger partial charge in [0.1, 0.15) is 0 Å². The van der Waals surface area contributed by atoms with Gasteiger partial charge in [0.2, 0.25) is 11.8 Å². The molecule has 2 atom stereocenters. The van der Waals surface area contributed by atoms with E-state index in [0.29, 0.717) is 17.9 Å². The van der Waals surface area contributed by atoms with E-state index in [1.54, 1.807) is 0 Å². The van der Waals surface area contributed by atoms with E-state index < -0.39 is 0 Å². The molecule has 2 aliphatic rings. The van der Waals surface area contributed by atoms with E-state index in [1.807, 2.05) is 24.3 Å². The summed E-state index contributed by atoms with van der Waals surface area (Å²) in [6.07, 6.45) is 7.35. The Hall–Kier alpha value is -1.92. The van der Waals surface area contributed by atoms with Gasteiger partial charge in [0, 0.05) is 23.3 Å². The van der Waals surface area contributed by atoms with Crippen LogP contribution < -0.4 is 16.4 Å². The van der Waals surface area contributed by atoms with Gasteiger partial charge < -0.3 is 16.4 Å². The van der Waals surface area contributed by atoms with Crippen LogP contribution in [0.3, 0.4) is 0 Å². The number of hydrogen-bond donors (Lipinski definition) is 3. The van der Waals surface area contributed by atoms with Gasteiger partial charge in [0.05, 0.1) is 6.54 Å². The van der Waals surface area contributed by atoms with Crippen LogP contribution >= 0.6 is 0 Å². The third kappa shape index (κ3) is 5.54. The van der Waals surface area contributed by atoms with Crippen molar-refractivity contribution in [2.24, 2.45) is 11.7 Å². The van der Waals surface area contributed by atoms with Crippen molar-refractivity contribution in [1.82, 2.24) is 4.90 Å². The number of nitrogens with zero attached hydrogens (tertiary/aromatic N) is 1. The van der Waals surface area contributed by atoms with Crippen LogP contribution in [0.4, 0.5) is 11.4 Å². The molecule has 2 amide bonds. The van der Waals surface area contributed by atoms with Gasteiger partial charge in [-0.25, -0.2) is 0 Å². The summed E-state index contributed by atoms with van der Waals surface area (Å²) in [7, 11) is 0. The summed E-state index contributed by atoms with van der Waals surface area (Å²) in [5.74, 6) is 0.00872. The first-order valence-electron chi connectivity index (χ1n) is 9.79. The smallest absolute Gasteiger partial charge is 0.238 e. The molecule has 0 radical (unpaired) electrons. The van der Waals surface area contributed by atoms with Crippen molar-refractivity contribution in [2.75, 3.05) is 30.3 Å². The number of nitrogens with one attached hydrogen (secondary N) is 2. The first kappa shape index (κ1) is 18.9. The van der Waals surface area contributed by atoms with Gasteiger partial charge in [-0.05, 0) is 63.4 Å². The lowest BCUT2D eigenvalue weighted by molar-refractivity contribution is -0.119. The van der Waals surface area contributed by atoms with E-state index in [-0.39, 0.29) is 23.8 Å². The van der Waals surface area contributed by atoms with E-state index in [1.165, 1.54) is 25.7 Å². The summed E-state index contributed by atoms with van der Waals surface area (Å²) in [5.41, 5.74) is 7.32. The Balaban J connectivity index is 1.51. The zero-order valence-electron chi connectivity index (χ0n) is 15.4. The molecule has 0 spiro atoms. The van der Waals surface area contributed by atoms with Gasteiger partial charge in [-0.15, -0.1) is 0 Å². The fraction of sp³-hybridized carbons (Fsp3) is 0.600. The lowest BCUT2D eigenvalue weighted by atomic mass is 10.1. The number of hydrogen-bond acceptors (Lipinski definition) is 4. The molecule has 1 aliphatic carbocycles. The standard InChI is InChI=1S/C20H30N4O2/c21-16-9-8-15(12-16)20(26)23-18-7-5-6-17(13-18)22-19(25)14-24-10-3-1-2-4-11-24/h5-7,13,15-16H,1-4,8-12,14,21H2,(H,22,25)(H,23,26). The van der Waals surface area contributed by atoms with Crippen LogP contribution in [0.25, 0.3) is 0 Å². The summed E-state index contributed by atoms with van der Waals surface area (Å²) in [5, 5.41) is 5.90. The minimum Gasteiger partial charge on any atom is -0.328 e. The molecule has 1 saturated carbocycles. The molecule has 0 aromatic heterocycles. The molecule has 4 N–H and O–H groups in total. The van der Waals surface area contributed by atoms with Crippen molar-refractivity contribution in [3.8, 4) is 0 Å². The minimum absolute atomic E-state index is 0.00265. The van der Waals surface area contributed by atoms with Crippen LogP contribution in [0.1, 0.15) is 44.9 Å². The van der Waals surface area contributed by atoms with E-state index in [0.717, 1.165) is 32.4 Å². The second kappa shape index (κ2) is 9.14. The van der Waals surface area contributed by atoms with Crippen molar-refractivity contribution < 1.29 is 9.59 Å². The third-order valence-corrected chi connectivity index (χ3v) is 5.32. The highest BCUT2D eigenvalue weighted by Gasteiger charge is 2.27. The number of likely N-dealkylation sites (tertiary alicyclic amines) is 1. The summed E-state index contributed by atoms with van der Waals surface area (Å²) < 4.78 is 0. The summed E-state index contributed by atoms with van der Waals surface area (Å²) in [4.78, 5) is 26.9. The Kier molecular flexibility index (Phi) is 6.63. The van der Waals surface area contributed by atoms with Gasteiger partial charge >= 0.3 is 0 Å². The monoisotopic (exact) mass is 358 g/mol. The maximum absolute atomic E-state index is 12.3. The first-order chi connectivity index (χ1) is 12.6. The van der Waals surface area contributed by atoms with Crippen molar-refractivity contribution in [3.05, 3.63) is 24.3 Å². The summed E-state index contributed by atoms with van der Waals surface area (Å²) >= 11 is 0. The van der Waals surface area contributed by atoms with Crippen LogP contribution in [0, 0.1) is 5.92 Å². The second-order valence-electron chi connectivity index (χ2n) is 7.58. The fourth-order valence-corrected chi connectivity index (χ4v) is 3.87. The molecular formula is C20H30N4O2. The molecule has 2 fully saturated rings. The van der Waals surface area contributed by atoms with Crippen LogP contribution in [-0.2, 0) is 9.59 Å². The Bertz CT molecular complexity index is 626. The zero-order valence-corrected chi connectivity index (χ0v) is 15.4. The quantitative estimate of drug-likeness (QED) is 0.755. The molecule has 3 rings (SSSR count). The molecule has 26 heavy (non-hydrogen) atoms. The lowest BCUT2D eigenvalue weighted by Crippen LogP contribution is -2.33. The highest BCUT2D eigenvalue weighted by atomic mass is 16.2. The maximum atomic E-state index is 12.3. The molecule has 6 heteroatoms. The largest absolute Gasteiger partial charge is 0.328 e. The van der Waals surface area contributed by atoms with Crippen molar-refractivity contribution in [3.63, 3.8) is 0 Å². The molecule has 1 aliphatic heterocycles. The van der Waals surface area contributed by atoms with Crippen molar-refractivity contribution in [1.29, 1.82) is 0 Å². The average Bonchev–Trinajstić information content (AvgIpc) is 2.88. The van der Waals surface area contributed by atoms with Crippen LogP contribution in [0.2, 0.25) is 0 Å². The first-order valence-corrected chi connectivity index (χ1v) is 9.79. The fourth-order valence-electron chi connectivity index (χ4n) is 3.87. The molecule has 2 unspecified atom stereocenters. The normalized spacial score (nSPS) is 24.0. The number of anilines is 2. The molecule has 1 aromatic carbocycles. The highest BCUT2D eigenvalue weighted by Crippen LogP contribution is 2.26. The molecule has 0 bridgehead atoms. The van der Waals surface area contributed by atoms with E-state index in [2.05, 4.69) is 15.5 Å². The van der Waals surface area contributed by atoms with Gasteiger partial charge in [0.25, 0.3) is 0 Å². The number of carbonyl (C=O) groups excluding carboxylic acids is 2. The number of rotatable bonds is 5. The number of amides is 2. The molecule has 142 valence electrons. The SMILES string of the molecule is NC1CCC(C(=O)Nc2cccc(NC(=O)CN3CCCCCC3)c2)C1. The topological polar surface area (TPSA) is 87.5 Å². The maximum Gasteiger partial charge on any atom is 0.238 e. The van der Waals surface area contributed by atoms with Crippen molar-refractivity contribution in [2.45, 2.75) is 51.0 Å². The second-order valence-corrected chi connectivity index (χ2v) is 7.58. The summed E-state index contributed by atoms with van der Waals surface area (Å²) in [6, 6.07) is 7.49. The molecule has 1 saturated heterocycles. The molecular weight excluding hydrogens is 328 g/mol. The van der Waals surface area contributed by atoms with Gasteiger partial charge in [0.15, 0.2) is 0 Å². The molecule has 1 heterocycles. The summed E-state index contributed by atoms with van der Waals surface area (Å²) in [6.45, 7) is 2.41. The molecule has 1 aromatic rings. The molecule has 6 nitrogen and oxygen atoms in total. The lowest BCUT2D eigenvalue weighted by Gasteiger charge is -2.19. The van der Waals surface area contributed by atoms with Gasteiger partial charge in [-0.3, -0.25) is 14.5 Å². The number of nitrogens with two attached hydrogens (primary N) is 1. The van der Waals surface area contributed by atoms with Crippen LogP contribution in [-0.4, -0.2) is 42.4 Å². The van der Waals surface area contributed by atoms with Crippen molar-refractivity contribution >= 4 is 23.2 Å². The predicted molar refractivity (Wildman–Crippen MR) is 104 cm³/mol. The highest BCUT2D eigenvalue weighted by molar-refractivity contribution is 5.95. The Morgan fingerprint density at radius 2 is 1.73 bits per heavy atom. The minimum atomic E-state index is -0.00807. The average molecular weight is 358 g/mol. The van der Waals surface area contributed by atoms with Crippen LogP contribution in [0.5, 0.6) is 0 Å². The predicted octanol–water partition coefficient (Wildman–Crippen LogP) is 2.57. The van der Waals surface area contributed by atoms with Gasteiger partial charge in [-0.2, -0.15) is 0 Å². The third-order valence-electron chi connectivity index (χ3n) is 5.32. The Labute approximate surface area is 155 Å².